The molecule has 0 heterocycles. The summed E-state index contributed by atoms with van der Waals surface area (Å²) >= 11 is 0. The lowest BCUT2D eigenvalue weighted by atomic mass is 9.80. The van der Waals surface area contributed by atoms with Crippen LogP contribution in [0.3, 0.4) is 0 Å². The maximum Gasteiger partial charge on any atom is 0.142 e. The Bertz CT molecular complexity index is 1850. The number of hydrogen-bond donors (Lipinski definition) is 0. The third kappa shape index (κ3) is 3.39. The van der Waals surface area contributed by atoms with Crippen molar-refractivity contribution in [3.63, 3.8) is 0 Å². The lowest BCUT2D eigenvalue weighted by Gasteiger charge is -2.42. The van der Waals surface area contributed by atoms with Gasteiger partial charge in [-0.1, -0.05) is 169 Å². The van der Waals surface area contributed by atoms with Crippen molar-refractivity contribution in [2.45, 2.75) is 11.5 Å². The molecular weight excluding hydrogens is 509 g/mol. The molecule has 2 aliphatic rings. The van der Waals surface area contributed by atoms with Crippen LogP contribution >= 0.6 is 0 Å². The van der Waals surface area contributed by atoms with Gasteiger partial charge in [-0.15, -0.1) is 0 Å². The van der Waals surface area contributed by atoms with Crippen LogP contribution in [0.1, 0.15) is 33.4 Å². The van der Waals surface area contributed by atoms with Crippen molar-refractivity contribution in [3.05, 3.63) is 186 Å². The maximum atomic E-state index is 4.40. The van der Waals surface area contributed by atoms with Crippen molar-refractivity contribution in [1.29, 1.82) is 0 Å². The molecule has 193 valence electrons. The first-order chi connectivity index (χ1) is 20.3. The van der Waals surface area contributed by atoms with Gasteiger partial charge < -0.3 is 0 Å². The van der Waals surface area contributed by atoms with Crippen molar-refractivity contribution >= 4 is 25.2 Å². The Labute approximate surface area is 243 Å². The van der Waals surface area contributed by atoms with Crippen LogP contribution in [0.5, 0.6) is 0 Å². The highest BCUT2D eigenvalue weighted by Gasteiger charge is 2.54. The Morgan fingerprint density at radius 3 is 1.61 bits per heavy atom. The van der Waals surface area contributed by atoms with Crippen molar-refractivity contribution in [2.24, 2.45) is 0 Å². The van der Waals surface area contributed by atoms with Crippen LogP contribution in [0, 0.1) is 0 Å². The molecule has 0 spiro atoms. The molecule has 0 nitrogen and oxygen atoms in total. The summed E-state index contributed by atoms with van der Waals surface area (Å²) in [7, 11) is -1.50. The summed E-state index contributed by atoms with van der Waals surface area (Å²) in [6.07, 6.45) is 3.03. The van der Waals surface area contributed by atoms with Crippen molar-refractivity contribution in [2.75, 3.05) is 0 Å². The van der Waals surface area contributed by atoms with Gasteiger partial charge in [0.1, 0.15) is 8.80 Å². The second-order valence-electron chi connectivity index (χ2n) is 11.0. The van der Waals surface area contributed by atoms with Crippen LogP contribution in [-0.4, -0.2) is 8.80 Å². The van der Waals surface area contributed by atoms with E-state index in [2.05, 4.69) is 158 Å². The summed E-state index contributed by atoms with van der Waals surface area (Å²) in [5, 5.41) is 2.47. The fourth-order valence-corrected chi connectivity index (χ4v) is 11.3. The molecule has 0 amide bonds. The normalized spacial score (nSPS) is 13.8. The molecule has 0 aliphatic heterocycles. The molecule has 41 heavy (non-hydrogen) atoms. The summed E-state index contributed by atoms with van der Waals surface area (Å²) in [5.74, 6) is 0. The highest BCUT2D eigenvalue weighted by Crippen LogP contribution is 2.57. The monoisotopic (exact) mass is 537 g/mol. The molecule has 0 aromatic heterocycles. The highest BCUT2D eigenvalue weighted by atomic mass is 28.3. The van der Waals surface area contributed by atoms with E-state index in [0.29, 0.717) is 0 Å². The predicted octanol–water partition coefficient (Wildman–Crippen LogP) is 8.06. The zero-order valence-corrected chi connectivity index (χ0v) is 23.8. The van der Waals surface area contributed by atoms with E-state index in [-0.39, 0.29) is 5.04 Å². The van der Waals surface area contributed by atoms with Gasteiger partial charge in [0, 0.05) is 5.04 Å². The molecule has 0 fully saturated rings. The lowest BCUT2D eigenvalue weighted by molar-refractivity contribution is 0.869. The SMILES string of the molecule is C=Cc1ccc2c(c1C1([Si](c3ccccc3)c3ccccc3)c3ccccc3-c3ccccc31)Cc1ccccc1-2. The summed E-state index contributed by atoms with van der Waals surface area (Å²) < 4.78 is 0. The first-order valence-electron chi connectivity index (χ1n) is 14.4. The average Bonchev–Trinajstić information content (AvgIpc) is 3.56. The molecule has 0 unspecified atom stereocenters. The first kappa shape index (κ1) is 24.1. The van der Waals surface area contributed by atoms with E-state index >= 15 is 0 Å². The number of hydrogen-bond acceptors (Lipinski definition) is 0. The molecule has 0 bridgehead atoms. The van der Waals surface area contributed by atoms with Crippen LogP contribution in [-0.2, 0) is 11.5 Å². The molecule has 0 saturated heterocycles. The molecule has 6 aromatic carbocycles. The molecular formula is C40H29Si. The zero-order valence-electron chi connectivity index (χ0n) is 22.8. The van der Waals surface area contributed by atoms with E-state index < -0.39 is 8.80 Å². The summed E-state index contributed by atoms with van der Waals surface area (Å²) in [6.45, 7) is 4.40. The molecule has 1 heteroatoms. The van der Waals surface area contributed by atoms with Gasteiger partial charge in [-0.05, 0) is 62.1 Å². The van der Waals surface area contributed by atoms with E-state index in [1.54, 1.807) is 0 Å². The van der Waals surface area contributed by atoms with Gasteiger partial charge in [0.25, 0.3) is 0 Å². The number of rotatable bonds is 5. The Balaban J connectivity index is 1.59. The zero-order chi connectivity index (χ0) is 27.4. The predicted molar refractivity (Wildman–Crippen MR) is 174 cm³/mol. The molecule has 0 N–H and O–H groups in total. The summed E-state index contributed by atoms with van der Waals surface area (Å²) in [4.78, 5) is 0. The fourth-order valence-electron chi connectivity index (χ4n) is 7.55. The van der Waals surface area contributed by atoms with E-state index in [1.807, 2.05) is 0 Å². The van der Waals surface area contributed by atoms with Crippen molar-refractivity contribution in [3.8, 4) is 22.3 Å². The third-order valence-corrected chi connectivity index (χ3v) is 12.4. The van der Waals surface area contributed by atoms with Crippen LogP contribution in [0.2, 0.25) is 0 Å². The molecule has 8 rings (SSSR count). The van der Waals surface area contributed by atoms with Crippen LogP contribution in [0.15, 0.2) is 152 Å². The lowest BCUT2D eigenvalue weighted by Crippen LogP contribution is -2.59. The van der Waals surface area contributed by atoms with E-state index in [0.717, 1.165) is 6.42 Å². The Morgan fingerprint density at radius 2 is 1.02 bits per heavy atom. The second-order valence-corrected chi connectivity index (χ2v) is 13.7. The minimum Gasteiger partial charge on any atom is -0.0985 e. The van der Waals surface area contributed by atoms with E-state index in [4.69, 9.17) is 0 Å². The molecule has 0 atom stereocenters. The van der Waals surface area contributed by atoms with Gasteiger partial charge >= 0.3 is 0 Å². The standard InChI is InChI=1S/C40H29Si/c1-2-28-25-26-33-32-20-10-9-15-29(32)27-36(33)39(28)40(37-23-13-11-21-34(37)35-22-12-14-24-38(35)40)41(30-16-5-3-6-17-30)31-18-7-4-8-19-31/h2-26H,1,27H2. The minimum absolute atomic E-state index is 0.364. The number of benzene rings is 6. The Kier molecular flexibility index (Phi) is 5.55. The van der Waals surface area contributed by atoms with Crippen molar-refractivity contribution in [1.82, 2.24) is 0 Å². The van der Waals surface area contributed by atoms with E-state index in [1.165, 1.54) is 66.0 Å². The average molecular weight is 538 g/mol. The first-order valence-corrected chi connectivity index (χ1v) is 15.9. The summed E-state index contributed by atoms with van der Waals surface area (Å²) in [6, 6.07) is 54.5. The molecule has 1 radical (unpaired) electrons. The highest BCUT2D eigenvalue weighted by molar-refractivity contribution is 6.89. The largest absolute Gasteiger partial charge is 0.142 e. The minimum atomic E-state index is -1.50. The van der Waals surface area contributed by atoms with Gasteiger partial charge in [0.05, 0.1) is 0 Å². The molecule has 6 aromatic rings. The van der Waals surface area contributed by atoms with Gasteiger partial charge in [-0.2, -0.15) is 0 Å². The van der Waals surface area contributed by atoms with Crippen LogP contribution < -0.4 is 10.4 Å². The maximum absolute atomic E-state index is 4.40. The number of fused-ring (bicyclic) bond motifs is 6. The van der Waals surface area contributed by atoms with Crippen LogP contribution in [0.4, 0.5) is 0 Å². The smallest absolute Gasteiger partial charge is 0.0985 e. The third-order valence-electron chi connectivity index (χ3n) is 9.07. The van der Waals surface area contributed by atoms with Gasteiger partial charge in [-0.25, -0.2) is 0 Å². The van der Waals surface area contributed by atoms with Crippen molar-refractivity contribution < 1.29 is 0 Å². The van der Waals surface area contributed by atoms with Gasteiger partial charge in [0.15, 0.2) is 0 Å². The molecule has 0 saturated carbocycles. The van der Waals surface area contributed by atoms with Gasteiger partial charge in [-0.3, -0.25) is 0 Å². The molecule has 2 aliphatic carbocycles. The second kappa shape index (κ2) is 9.44. The summed E-state index contributed by atoms with van der Waals surface area (Å²) in [5.41, 5.74) is 13.8. The topological polar surface area (TPSA) is 0 Å². The fraction of sp³-hybridized carbons (Fsp3) is 0.0500. The quantitative estimate of drug-likeness (QED) is 0.195. The van der Waals surface area contributed by atoms with E-state index in [9.17, 15) is 0 Å². The van der Waals surface area contributed by atoms with Gasteiger partial charge in [0.2, 0.25) is 0 Å². The Hall–Kier alpha value is -4.72. The van der Waals surface area contributed by atoms with Crippen LogP contribution in [0.25, 0.3) is 28.3 Å². The Morgan fingerprint density at radius 1 is 0.512 bits per heavy atom.